The average molecular weight is 285 g/mol. The summed E-state index contributed by atoms with van der Waals surface area (Å²) >= 11 is 0. The van der Waals surface area contributed by atoms with Crippen LogP contribution in [0.5, 0.6) is 5.75 Å². The molecule has 0 aliphatic rings. The molecule has 19 heavy (non-hydrogen) atoms. The van der Waals surface area contributed by atoms with E-state index < -0.39 is 21.8 Å². The lowest BCUT2D eigenvalue weighted by molar-refractivity contribution is -0.112. The lowest BCUT2D eigenvalue weighted by atomic mass is 10.2. The van der Waals surface area contributed by atoms with Gasteiger partial charge in [-0.1, -0.05) is 6.58 Å². The van der Waals surface area contributed by atoms with E-state index in [4.69, 9.17) is 9.29 Å². The van der Waals surface area contributed by atoms with Gasteiger partial charge >= 0.3 is 0 Å². The number of amides is 1. The number of anilines is 1. The van der Waals surface area contributed by atoms with E-state index in [1.54, 1.807) is 6.07 Å². The van der Waals surface area contributed by atoms with Gasteiger partial charge in [-0.25, -0.2) is 0 Å². The third kappa shape index (κ3) is 4.72. The van der Waals surface area contributed by atoms with Gasteiger partial charge in [0, 0.05) is 11.3 Å². The van der Waals surface area contributed by atoms with Crippen LogP contribution in [0.1, 0.15) is 12.5 Å². The third-order valence-corrected chi connectivity index (χ3v) is 2.96. The number of carbonyl (C=O) groups is 1. The summed E-state index contributed by atoms with van der Waals surface area (Å²) in [5.41, 5.74) is 0.802. The van der Waals surface area contributed by atoms with Crippen LogP contribution >= 0.6 is 0 Å². The van der Waals surface area contributed by atoms with E-state index in [2.05, 4.69) is 11.9 Å². The molecule has 0 aliphatic heterocycles. The van der Waals surface area contributed by atoms with Crippen LogP contribution in [0.2, 0.25) is 0 Å². The van der Waals surface area contributed by atoms with Crippen molar-refractivity contribution in [3.8, 4) is 5.75 Å². The van der Waals surface area contributed by atoms with Gasteiger partial charge in [0.25, 0.3) is 16.0 Å². The van der Waals surface area contributed by atoms with Gasteiger partial charge < -0.3 is 10.1 Å². The van der Waals surface area contributed by atoms with Gasteiger partial charge in [-0.3, -0.25) is 9.35 Å². The van der Waals surface area contributed by atoms with Crippen LogP contribution in [0.25, 0.3) is 0 Å². The van der Waals surface area contributed by atoms with Gasteiger partial charge in [0.05, 0.1) is 7.11 Å². The van der Waals surface area contributed by atoms with Crippen molar-refractivity contribution in [3.05, 3.63) is 35.9 Å². The highest BCUT2D eigenvalue weighted by molar-refractivity contribution is 7.85. The minimum absolute atomic E-state index is 0.233. The zero-order valence-electron chi connectivity index (χ0n) is 10.6. The zero-order valence-corrected chi connectivity index (χ0v) is 11.5. The van der Waals surface area contributed by atoms with Crippen molar-refractivity contribution in [3.63, 3.8) is 0 Å². The molecule has 1 amide bonds. The molecule has 6 nitrogen and oxygen atoms in total. The maximum Gasteiger partial charge on any atom is 0.269 e. The van der Waals surface area contributed by atoms with Crippen LogP contribution < -0.4 is 10.1 Å². The molecule has 0 heterocycles. The zero-order chi connectivity index (χ0) is 14.6. The Morgan fingerprint density at radius 1 is 1.47 bits per heavy atom. The Morgan fingerprint density at radius 2 is 2.11 bits per heavy atom. The standard InChI is InChI=1S/C12H15NO5S/c1-8(2)12(14)13-11-5-4-10(18-3)6-9(11)7-19(15,16)17/h4-6H,1,7H2,2-3H3,(H,13,14)(H,15,16,17). The molecule has 2 N–H and O–H groups in total. The van der Waals surface area contributed by atoms with Gasteiger partial charge in [0.15, 0.2) is 0 Å². The summed E-state index contributed by atoms with van der Waals surface area (Å²) in [6.07, 6.45) is 0. The molecule has 0 spiro atoms. The van der Waals surface area contributed by atoms with E-state index in [-0.39, 0.29) is 16.8 Å². The van der Waals surface area contributed by atoms with Crippen LogP contribution in [0.15, 0.2) is 30.4 Å². The van der Waals surface area contributed by atoms with Crippen LogP contribution in [0.4, 0.5) is 5.69 Å². The molecular weight excluding hydrogens is 270 g/mol. The summed E-state index contributed by atoms with van der Waals surface area (Å²) in [6.45, 7) is 5.01. The van der Waals surface area contributed by atoms with Crippen LogP contribution in [0.3, 0.4) is 0 Å². The maximum absolute atomic E-state index is 11.5. The minimum Gasteiger partial charge on any atom is -0.497 e. The van der Waals surface area contributed by atoms with Crippen molar-refractivity contribution in [2.75, 3.05) is 12.4 Å². The van der Waals surface area contributed by atoms with E-state index in [9.17, 15) is 13.2 Å². The minimum atomic E-state index is -4.21. The largest absolute Gasteiger partial charge is 0.497 e. The number of nitrogens with one attached hydrogen (secondary N) is 1. The predicted molar refractivity (Wildman–Crippen MR) is 71.7 cm³/mol. The monoisotopic (exact) mass is 285 g/mol. The summed E-state index contributed by atoms with van der Waals surface area (Å²) in [6, 6.07) is 4.50. The highest BCUT2D eigenvalue weighted by Crippen LogP contribution is 2.24. The highest BCUT2D eigenvalue weighted by atomic mass is 32.2. The fourth-order valence-corrected chi connectivity index (χ4v) is 2.00. The van der Waals surface area contributed by atoms with Crippen molar-refractivity contribution in [2.45, 2.75) is 12.7 Å². The molecule has 1 aromatic rings. The van der Waals surface area contributed by atoms with Gasteiger partial charge in [0.2, 0.25) is 0 Å². The van der Waals surface area contributed by atoms with Crippen molar-refractivity contribution in [1.29, 1.82) is 0 Å². The lowest BCUT2D eigenvalue weighted by Gasteiger charge is -2.11. The summed E-state index contributed by atoms with van der Waals surface area (Å²) < 4.78 is 35.8. The van der Waals surface area contributed by atoms with Crippen molar-refractivity contribution < 1.29 is 22.5 Å². The first kappa shape index (κ1) is 15.2. The average Bonchev–Trinajstić information content (AvgIpc) is 2.29. The SMILES string of the molecule is C=C(C)C(=O)Nc1ccc(OC)cc1CS(=O)(=O)O. The molecule has 1 aromatic carbocycles. The second-order valence-corrected chi connectivity index (χ2v) is 5.44. The topological polar surface area (TPSA) is 92.7 Å². The first-order chi connectivity index (χ1) is 8.73. The molecule has 104 valence electrons. The normalized spacial score (nSPS) is 10.9. The smallest absolute Gasteiger partial charge is 0.269 e. The first-order valence-corrected chi connectivity index (χ1v) is 6.93. The van der Waals surface area contributed by atoms with Gasteiger partial charge in [-0.2, -0.15) is 8.42 Å². The Hall–Kier alpha value is -1.86. The number of methoxy groups -OCH3 is 1. The number of carbonyl (C=O) groups excluding carboxylic acids is 1. The van der Waals surface area contributed by atoms with Crippen LogP contribution in [-0.2, 0) is 20.7 Å². The molecule has 0 aromatic heterocycles. The Balaban J connectivity index is 3.15. The molecule has 7 heteroatoms. The number of hydrogen-bond donors (Lipinski definition) is 2. The fourth-order valence-electron chi connectivity index (χ4n) is 1.36. The molecule has 1 rings (SSSR count). The van der Waals surface area contributed by atoms with Gasteiger partial charge in [-0.05, 0) is 30.7 Å². The van der Waals surface area contributed by atoms with E-state index in [1.807, 2.05) is 0 Å². The Labute approximate surface area is 111 Å². The quantitative estimate of drug-likeness (QED) is 0.633. The van der Waals surface area contributed by atoms with Crippen LogP contribution in [0, 0.1) is 0 Å². The maximum atomic E-state index is 11.5. The first-order valence-electron chi connectivity index (χ1n) is 5.32. The van der Waals surface area contributed by atoms with Crippen molar-refractivity contribution >= 4 is 21.7 Å². The van der Waals surface area contributed by atoms with E-state index in [0.29, 0.717) is 5.75 Å². The molecule has 0 saturated carbocycles. The molecule has 0 atom stereocenters. The summed E-state index contributed by atoms with van der Waals surface area (Å²) in [5, 5.41) is 2.51. The Kier molecular flexibility index (Phi) is 4.68. The molecule has 0 radical (unpaired) electrons. The van der Waals surface area contributed by atoms with E-state index >= 15 is 0 Å². The molecule has 0 unspecified atom stereocenters. The van der Waals surface area contributed by atoms with Gasteiger partial charge in [-0.15, -0.1) is 0 Å². The van der Waals surface area contributed by atoms with E-state index in [1.165, 1.54) is 26.2 Å². The molecular formula is C12H15NO5S. The second kappa shape index (κ2) is 5.85. The van der Waals surface area contributed by atoms with Crippen molar-refractivity contribution in [1.82, 2.24) is 0 Å². The number of ether oxygens (including phenoxy) is 1. The fraction of sp³-hybridized carbons (Fsp3) is 0.250. The summed E-state index contributed by atoms with van der Waals surface area (Å²) in [5.74, 6) is -0.621. The third-order valence-electron chi connectivity index (χ3n) is 2.29. The number of rotatable bonds is 5. The Bertz CT molecular complexity index is 607. The van der Waals surface area contributed by atoms with E-state index in [0.717, 1.165) is 0 Å². The van der Waals surface area contributed by atoms with Crippen LogP contribution in [-0.4, -0.2) is 26.0 Å². The molecule has 0 bridgehead atoms. The molecule has 0 fully saturated rings. The second-order valence-electron chi connectivity index (χ2n) is 3.98. The predicted octanol–water partition coefficient (Wildman–Crippen LogP) is 1.60. The van der Waals surface area contributed by atoms with Crippen molar-refractivity contribution in [2.24, 2.45) is 0 Å². The summed E-state index contributed by atoms with van der Waals surface area (Å²) in [4.78, 5) is 11.5. The number of hydrogen-bond acceptors (Lipinski definition) is 4. The highest BCUT2D eigenvalue weighted by Gasteiger charge is 2.14. The molecule has 0 aliphatic carbocycles. The summed E-state index contributed by atoms with van der Waals surface area (Å²) in [7, 11) is -2.78. The van der Waals surface area contributed by atoms with Gasteiger partial charge in [0.1, 0.15) is 11.5 Å². The Morgan fingerprint density at radius 3 is 2.58 bits per heavy atom. The molecule has 0 saturated heterocycles. The number of benzene rings is 1. The lowest BCUT2D eigenvalue weighted by Crippen LogP contribution is -2.14.